The molecule has 5 rings (SSSR count). The van der Waals surface area contributed by atoms with Gasteiger partial charge in [0.05, 0.1) is 30.1 Å². The van der Waals surface area contributed by atoms with Gasteiger partial charge in [-0.15, -0.1) is 4.59 Å². The predicted octanol–water partition coefficient (Wildman–Crippen LogP) is 2.90. The topological polar surface area (TPSA) is 105 Å². The number of likely N-dealkylation sites (N-methyl/N-ethyl adjacent to an activating group) is 1. The zero-order chi connectivity index (χ0) is 25.5. The van der Waals surface area contributed by atoms with Crippen LogP contribution in [0, 0.1) is 0 Å². The van der Waals surface area contributed by atoms with Crippen LogP contribution in [0.4, 0.5) is 19.0 Å². The molecule has 2 aromatic rings. The summed E-state index contributed by atoms with van der Waals surface area (Å²) in [7, 11) is 2.01. The second kappa shape index (κ2) is 9.06. The van der Waals surface area contributed by atoms with Gasteiger partial charge < -0.3 is 15.0 Å². The number of hydrogen-bond donors (Lipinski definition) is 2. The van der Waals surface area contributed by atoms with Crippen molar-refractivity contribution < 1.29 is 27.3 Å². The number of amides is 1. The van der Waals surface area contributed by atoms with Gasteiger partial charge >= 0.3 is 6.18 Å². The molecule has 36 heavy (non-hydrogen) atoms. The average molecular weight is 498 g/mol. The lowest BCUT2D eigenvalue weighted by Gasteiger charge is -2.30. The number of rotatable bonds is 4. The highest BCUT2D eigenvalue weighted by Gasteiger charge is 2.46. The molecular weight excluding hydrogens is 475 g/mol. The maximum absolute atomic E-state index is 12.9. The van der Waals surface area contributed by atoms with Gasteiger partial charge in [0.15, 0.2) is 0 Å². The minimum absolute atomic E-state index is 0.192. The molecule has 0 bridgehead atoms. The first-order valence-electron chi connectivity index (χ1n) is 11.1. The normalized spacial score (nSPS) is 24.0. The van der Waals surface area contributed by atoms with E-state index in [0.717, 1.165) is 24.9 Å². The number of alkyl halides is 3. The summed E-state index contributed by atoms with van der Waals surface area (Å²) in [5, 5.41) is 2.40. The van der Waals surface area contributed by atoms with E-state index in [1.165, 1.54) is 0 Å². The summed E-state index contributed by atoms with van der Waals surface area (Å²) in [5.74, 6) is 6.49. The number of quaternary nitrogens is 1. The number of carbonyl (C=O) groups excluding carboxylic acids is 1. The first-order chi connectivity index (χ1) is 17.1. The Labute approximate surface area is 204 Å². The molecule has 1 fully saturated rings. The Bertz CT molecular complexity index is 1320. The maximum Gasteiger partial charge on any atom is 0.416 e. The molecule has 1 unspecified atom stereocenters. The molecule has 2 atom stereocenters. The predicted molar refractivity (Wildman–Crippen MR) is 127 cm³/mol. The van der Waals surface area contributed by atoms with E-state index in [1.54, 1.807) is 42.9 Å². The summed E-state index contributed by atoms with van der Waals surface area (Å²) in [6, 6.07) is 8.10. The standard InChI is InChI=1S/C24H22F3N7O2/c1-33-9-11-36-19(14-33)21-18-13-29-8-10-34(18,28)22(32-21)15-2-4-16(5-3-15)23(35)31-20-12-17(6-7-30-20)24(25,26)27/h2-8,10,12-13,19H,9,11,14,28H2,1H3/p+1/t19-,34?/m1/s1. The van der Waals surface area contributed by atoms with Crippen molar-refractivity contribution in [2.75, 3.05) is 32.1 Å². The highest BCUT2D eigenvalue weighted by atomic mass is 19.4. The fourth-order valence-corrected chi connectivity index (χ4v) is 4.22. The van der Waals surface area contributed by atoms with E-state index in [9.17, 15) is 18.0 Å². The summed E-state index contributed by atoms with van der Waals surface area (Å²) in [4.78, 5) is 27.7. The zero-order valence-electron chi connectivity index (χ0n) is 19.2. The molecule has 3 aliphatic rings. The number of fused-ring (bicyclic) bond motifs is 1. The lowest BCUT2D eigenvalue weighted by atomic mass is 10.1. The fraction of sp³-hybridized carbons (Fsp3) is 0.250. The summed E-state index contributed by atoms with van der Waals surface area (Å²) in [6.45, 7) is 2.06. The van der Waals surface area contributed by atoms with E-state index in [0.29, 0.717) is 35.9 Å². The molecular formula is C24H23F3N7O2+. The molecule has 3 aliphatic heterocycles. The van der Waals surface area contributed by atoms with Crippen LogP contribution < -0.4 is 11.2 Å². The molecule has 1 aromatic carbocycles. The minimum atomic E-state index is -4.54. The number of nitrogens with two attached hydrogens (primary N) is 1. The zero-order valence-corrected chi connectivity index (χ0v) is 19.2. The van der Waals surface area contributed by atoms with Crippen molar-refractivity contribution in [2.24, 2.45) is 15.8 Å². The number of aromatic nitrogens is 1. The second-order valence-corrected chi connectivity index (χ2v) is 8.64. The van der Waals surface area contributed by atoms with Crippen LogP contribution >= 0.6 is 0 Å². The van der Waals surface area contributed by atoms with E-state index < -0.39 is 17.6 Å². The second-order valence-electron chi connectivity index (χ2n) is 8.64. The Hall–Kier alpha value is -3.71. The number of hydrogen-bond acceptors (Lipinski definition) is 7. The third-order valence-corrected chi connectivity index (χ3v) is 6.13. The number of pyridine rings is 1. The first-order valence-corrected chi connectivity index (χ1v) is 11.1. The van der Waals surface area contributed by atoms with E-state index in [-0.39, 0.29) is 22.1 Å². The van der Waals surface area contributed by atoms with Gasteiger partial charge in [-0.3, -0.25) is 9.79 Å². The number of amidine groups is 1. The van der Waals surface area contributed by atoms with Crippen molar-refractivity contribution in [2.45, 2.75) is 12.3 Å². The van der Waals surface area contributed by atoms with Crippen molar-refractivity contribution in [1.29, 1.82) is 0 Å². The van der Waals surface area contributed by atoms with Gasteiger partial charge in [0.1, 0.15) is 23.8 Å². The number of carbonyl (C=O) groups is 1. The molecule has 3 N–H and O–H groups in total. The first kappa shape index (κ1) is 24.0. The largest absolute Gasteiger partial charge is 0.416 e. The number of ether oxygens (including phenoxy) is 1. The summed E-state index contributed by atoms with van der Waals surface area (Å²) < 4.78 is 44.6. The van der Waals surface area contributed by atoms with Gasteiger partial charge in [-0.25, -0.2) is 4.98 Å². The number of halogens is 3. The summed E-state index contributed by atoms with van der Waals surface area (Å²) >= 11 is 0. The lowest BCUT2D eigenvalue weighted by molar-refractivity contribution is -0.750. The smallest absolute Gasteiger partial charge is 0.369 e. The number of allylic oxidation sites excluding steroid dienone is 1. The van der Waals surface area contributed by atoms with Gasteiger partial charge in [0.25, 0.3) is 11.7 Å². The highest BCUT2D eigenvalue weighted by molar-refractivity contribution is 6.05. The number of nitrogens with one attached hydrogen (secondary N) is 1. The van der Waals surface area contributed by atoms with Gasteiger partial charge in [-0.2, -0.15) is 24.0 Å². The lowest BCUT2D eigenvalue weighted by Crippen LogP contribution is -2.53. The Kier molecular flexibility index (Phi) is 6.04. The molecule has 4 heterocycles. The van der Waals surface area contributed by atoms with E-state index in [2.05, 4.69) is 20.2 Å². The van der Waals surface area contributed by atoms with Crippen molar-refractivity contribution >= 4 is 23.8 Å². The van der Waals surface area contributed by atoms with Crippen molar-refractivity contribution in [3.05, 3.63) is 83.1 Å². The van der Waals surface area contributed by atoms with Crippen LogP contribution in [0.15, 0.2) is 76.4 Å². The average Bonchev–Trinajstić information content (AvgIpc) is 3.17. The molecule has 0 saturated carbocycles. The number of morpholine rings is 1. The Morgan fingerprint density at radius 2 is 2.03 bits per heavy atom. The number of benzene rings is 1. The van der Waals surface area contributed by atoms with Crippen LogP contribution in [0.25, 0.3) is 0 Å². The van der Waals surface area contributed by atoms with E-state index in [4.69, 9.17) is 15.6 Å². The van der Waals surface area contributed by atoms with Crippen molar-refractivity contribution in [3.63, 3.8) is 0 Å². The molecule has 0 radical (unpaired) electrons. The molecule has 12 heteroatoms. The Morgan fingerprint density at radius 3 is 2.75 bits per heavy atom. The van der Waals surface area contributed by atoms with Crippen LogP contribution in [0.2, 0.25) is 0 Å². The third kappa shape index (κ3) is 4.46. The number of aliphatic imine (C=N–C) groups is 2. The van der Waals surface area contributed by atoms with Crippen LogP contribution in [0.3, 0.4) is 0 Å². The maximum atomic E-state index is 12.9. The van der Waals surface area contributed by atoms with Gasteiger partial charge in [-0.05, 0) is 43.4 Å². The van der Waals surface area contributed by atoms with Gasteiger partial charge in [-0.1, -0.05) is 0 Å². The monoisotopic (exact) mass is 498 g/mol. The van der Waals surface area contributed by atoms with E-state index >= 15 is 0 Å². The van der Waals surface area contributed by atoms with Crippen LogP contribution in [0.5, 0.6) is 0 Å². The highest BCUT2D eigenvalue weighted by Crippen LogP contribution is 2.34. The molecule has 0 aliphatic carbocycles. The molecule has 186 valence electrons. The number of anilines is 1. The molecule has 1 amide bonds. The van der Waals surface area contributed by atoms with Gasteiger partial charge in [0, 0.05) is 24.8 Å². The molecule has 0 spiro atoms. The van der Waals surface area contributed by atoms with Crippen LogP contribution in [0.1, 0.15) is 21.5 Å². The fourth-order valence-electron chi connectivity index (χ4n) is 4.22. The van der Waals surface area contributed by atoms with Gasteiger partial charge in [0.2, 0.25) is 5.70 Å². The Morgan fingerprint density at radius 1 is 1.25 bits per heavy atom. The molecule has 1 saturated heterocycles. The quantitative estimate of drug-likeness (QED) is 0.498. The van der Waals surface area contributed by atoms with E-state index in [1.807, 2.05) is 7.05 Å². The molecule has 1 aromatic heterocycles. The number of nitrogens with zero attached hydrogens (tertiary/aromatic N) is 5. The SMILES string of the molecule is CN1CCO[C@@H](C2=C3C=NC=C[N+]3(N)C(c3ccc(C(=O)Nc4cc(C(F)(F)F)ccn4)cc3)=N2)C1. The summed E-state index contributed by atoms with van der Waals surface area (Å²) in [5.41, 5.74) is 1.41. The summed E-state index contributed by atoms with van der Waals surface area (Å²) in [6.07, 6.45) is 1.18. The van der Waals surface area contributed by atoms with Crippen LogP contribution in [-0.2, 0) is 10.9 Å². The Balaban J connectivity index is 1.38. The van der Waals surface area contributed by atoms with Crippen LogP contribution in [-0.4, -0.2) is 65.3 Å². The third-order valence-electron chi connectivity index (χ3n) is 6.13. The molecule has 9 nitrogen and oxygen atoms in total. The van der Waals surface area contributed by atoms with Crippen molar-refractivity contribution in [1.82, 2.24) is 9.88 Å². The minimum Gasteiger partial charge on any atom is -0.369 e. The van der Waals surface area contributed by atoms with Crippen molar-refractivity contribution in [3.8, 4) is 0 Å².